The number of nitrogens with zero attached hydrogens (tertiary/aromatic N) is 1. The summed E-state index contributed by atoms with van der Waals surface area (Å²) in [5, 5.41) is 32.9. The van der Waals surface area contributed by atoms with Crippen molar-refractivity contribution in [2.24, 2.45) is 11.5 Å². The zero-order valence-electron chi connectivity index (χ0n) is 38.5. The summed E-state index contributed by atoms with van der Waals surface area (Å²) in [5.74, 6) is -4.24. The summed E-state index contributed by atoms with van der Waals surface area (Å²) in [4.78, 5) is 94.6. The second-order valence-corrected chi connectivity index (χ2v) is 25.1. The molecule has 18 nitrogen and oxygen atoms in total. The average Bonchev–Trinajstić information content (AvgIpc) is 3.76. The highest BCUT2D eigenvalue weighted by molar-refractivity contribution is 14.1. The van der Waals surface area contributed by atoms with E-state index in [-0.39, 0.29) is 43.0 Å². The van der Waals surface area contributed by atoms with Gasteiger partial charge in [-0.25, -0.2) is 0 Å². The van der Waals surface area contributed by atoms with Crippen molar-refractivity contribution >= 4 is 94.8 Å². The van der Waals surface area contributed by atoms with Gasteiger partial charge in [0, 0.05) is 19.4 Å². The van der Waals surface area contributed by atoms with Crippen LogP contribution in [0.2, 0.25) is 18.1 Å². The van der Waals surface area contributed by atoms with E-state index in [0.29, 0.717) is 24.7 Å². The zero-order valence-corrected chi connectivity index (χ0v) is 43.8. The van der Waals surface area contributed by atoms with Gasteiger partial charge in [-0.15, -0.1) is 0 Å². The van der Waals surface area contributed by atoms with Crippen LogP contribution in [-0.4, -0.2) is 121 Å². The lowest BCUT2D eigenvalue weighted by Gasteiger charge is -2.36. The van der Waals surface area contributed by atoms with Crippen LogP contribution in [0.3, 0.4) is 0 Å². The molecule has 3 aromatic rings. The number of nitrogens with two attached hydrogens (primary N) is 2. The first-order chi connectivity index (χ1) is 31.4. The van der Waals surface area contributed by atoms with E-state index in [9.17, 15) is 43.8 Å². The quantitative estimate of drug-likeness (QED) is 0.0549. The molecule has 4 rings (SSSR count). The fourth-order valence-electron chi connectivity index (χ4n) is 6.92. The van der Waals surface area contributed by atoms with Crippen molar-refractivity contribution < 1.29 is 48.2 Å². The van der Waals surface area contributed by atoms with Gasteiger partial charge < -0.3 is 57.6 Å². The number of carbonyl (C=O) groups is 7. The molecule has 0 radical (unpaired) electrons. The zero-order chi connectivity index (χ0) is 49.8. The number of primary amides is 1. The lowest BCUT2D eigenvalue weighted by Crippen LogP contribution is -2.58. The third-order valence-electron chi connectivity index (χ3n) is 11.8. The van der Waals surface area contributed by atoms with E-state index in [1.165, 1.54) is 11.8 Å². The number of aliphatic hydroxyl groups is 1. The van der Waals surface area contributed by atoms with E-state index in [1.54, 1.807) is 42.5 Å². The van der Waals surface area contributed by atoms with E-state index in [1.807, 2.05) is 69.4 Å². The number of phenolic OH excluding ortho intramolecular Hbond substituents is 1. The molecule has 0 spiro atoms. The van der Waals surface area contributed by atoms with Gasteiger partial charge in [0.15, 0.2) is 0 Å². The summed E-state index contributed by atoms with van der Waals surface area (Å²) in [5.41, 5.74) is 13.6. The number of hydrogen-bond donors (Lipinski definition) is 9. The normalized spacial score (nSPS) is 16.1. The summed E-state index contributed by atoms with van der Waals surface area (Å²) >= 11 is 3.89. The van der Waals surface area contributed by atoms with Crippen molar-refractivity contribution in [3.63, 3.8) is 0 Å². The Morgan fingerprint density at radius 1 is 0.806 bits per heavy atom. The Morgan fingerprint density at radius 2 is 1.40 bits per heavy atom. The number of likely N-dealkylation sites (tertiary alicyclic amines) is 1. The first-order valence-electron chi connectivity index (χ1n) is 21.8. The van der Waals surface area contributed by atoms with Gasteiger partial charge in [-0.2, -0.15) is 0 Å². The van der Waals surface area contributed by atoms with Crippen LogP contribution in [0.4, 0.5) is 0 Å². The molecule has 1 saturated heterocycles. The number of hydrogen-bond acceptors (Lipinski definition) is 11. The van der Waals surface area contributed by atoms with Crippen molar-refractivity contribution in [1.29, 1.82) is 0 Å². The second-order valence-electron chi connectivity index (χ2n) is 18.1. The number of benzene rings is 3. The minimum atomic E-state index is -2.05. The minimum Gasteiger partial charge on any atom is -0.544 e. The fraction of sp³-hybridized carbons (Fsp3) is 0.457. The molecule has 0 unspecified atom stereocenters. The van der Waals surface area contributed by atoms with Crippen LogP contribution in [0.15, 0.2) is 66.7 Å². The SMILES string of the molecule is C[C@@H](NC(=O)[C@@H](N)Cc1ccc(O[Si](C)(C)C(C)(C)C)cc1)C(=O)N[C@@H](Cc1ccccc1)C(=O)NCC(=O)N[C@@H](Cc1cc(I)c(O)c(I)c1)C(=O)N1CCC[C@H]1C(=O)N[C@@H](CO)C(N)=O. The molecule has 1 aliphatic rings. The van der Waals surface area contributed by atoms with E-state index < -0.39 is 99.1 Å². The molecule has 11 N–H and O–H groups in total. The van der Waals surface area contributed by atoms with E-state index in [4.69, 9.17) is 15.9 Å². The minimum absolute atomic E-state index is 0.0197. The summed E-state index contributed by atoms with van der Waals surface area (Å²) in [6.07, 6.45) is 0.834. The Kier molecular flexibility index (Phi) is 20.0. The highest BCUT2D eigenvalue weighted by Crippen LogP contribution is 2.37. The molecule has 0 saturated carbocycles. The first-order valence-corrected chi connectivity index (χ1v) is 26.9. The Morgan fingerprint density at radius 3 is 1.99 bits per heavy atom. The van der Waals surface area contributed by atoms with Gasteiger partial charge in [0.2, 0.25) is 49.7 Å². The molecule has 0 aromatic heterocycles. The van der Waals surface area contributed by atoms with Crippen LogP contribution in [0.25, 0.3) is 0 Å². The molecule has 67 heavy (non-hydrogen) atoms. The van der Waals surface area contributed by atoms with Gasteiger partial charge in [-0.1, -0.05) is 63.2 Å². The van der Waals surface area contributed by atoms with Gasteiger partial charge in [-0.05, 0) is 130 Å². The molecule has 21 heteroatoms. The number of aromatic hydroxyl groups is 1. The van der Waals surface area contributed by atoms with Gasteiger partial charge in [0.25, 0.3) is 0 Å². The number of amides is 7. The predicted molar refractivity (Wildman–Crippen MR) is 271 cm³/mol. The number of rotatable bonds is 21. The number of aliphatic hydroxyl groups excluding tert-OH is 1. The standard InChI is InChI=1S/C46H62I2N8O10Si/c1-26(52-42(62)33(49)21-28-14-16-30(17-15-28)66-67(5,6)46(2,3)4)41(61)54-34(22-27-11-8-7-9-12-27)43(63)51-24-38(58)53-35(23-29-19-31(47)39(59)32(48)20-29)45(65)56-18-10-13-37(56)44(64)55-36(25-57)40(50)60/h7-9,11-12,14-17,19-20,26,33-37,57,59H,10,13,18,21-25,49H2,1-6H3,(H2,50,60)(H,51,63)(H,52,62)(H,53,58)(H,54,61)(H,55,64)/t26-,33+,34+,35+,36+,37+/m1/s1. The lowest BCUT2D eigenvalue weighted by atomic mass is 10.0. The first kappa shape index (κ1) is 54.7. The van der Waals surface area contributed by atoms with Crippen molar-refractivity contribution in [2.45, 2.75) is 114 Å². The molecule has 3 aromatic carbocycles. The topological polar surface area (TPSA) is 285 Å². The number of nitrogens with one attached hydrogen (secondary N) is 5. The van der Waals surface area contributed by atoms with Gasteiger partial charge in [0.1, 0.15) is 41.7 Å². The third-order valence-corrected chi connectivity index (χ3v) is 17.8. The second kappa shape index (κ2) is 24.4. The van der Waals surface area contributed by atoms with E-state index in [2.05, 4.69) is 60.4 Å². The van der Waals surface area contributed by atoms with Crippen LogP contribution in [0.5, 0.6) is 11.5 Å². The van der Waals surface area contributed by atoms with Gasteiger partial charge in [-0.3, -0.25) is 33.6 Å². The predicted octanol–water partition coefficient (Wildman–Crippen LogP) is 1.88. The number of carbonyl (C=O) groups excluding carboxylic acids is 7. The summed E-state index contributed by atoms with van der Waals surface area (Å²) in [6.45, 7) is 11.0. The Bertz CT molecular complexity index is 2240. The molecular weight excluding hydrogens is 1110 g/mol. The fourth-order valence-corrected chi connectivity index (χ4v) is 9.84. The monoisotopic (exact) mass is 1170 g/mol. The molecular formula is C46H62I2N8O10Si. The maximum atomic E-state index is 14.2. The van der Waals surface area contributed by atoms with Crippen LogP contribution >= 0.6 is 45.2 Å². The van der Waals surface area contributed by atoms with Crippen LogP contribution in [0, 0.1) is 7.14 Å². The highest BCUT2D eigenvalue weighted by Gasteiger charge is 2.40. The van der Waals surface area contributed by atoms with Crippen LogP contribution < -0.4 is 42.5 Å². The molecule has 1 heterocycles. The van der Waals surface area contributed by atoms with Gasteiger partial charge in [0.05, 0.1) is 26.3 Å². The van der Waals surface area contributed by atoms with Crippen molar-refractivity contribution in [2.75, 3.05) is 19.7 Å². The smallest absolute Gasteiger partial charge is 0.250 e. The number of halogens is 2. The van der Waals surface area contributed by atoms with Crippen LogP contribution in [-0.2, 0) is 52.8 Å². The number of phenols is 1. The molecule has 0 aliphatic carbocycles. The lowest BCUT2D eigenvalue weighted by molar-refractivity contribution is -0.142. The van der Waals surface area contributed by atoms with Crippen molar-refractivity contribution in [3.05, 3.63) is 90.6 Å². The third kappa shape index (κ3) is 15.9. The van der Waals surface area contributed by atoms with Crippen molar-refractivity contribution in [3.8, 4) is 11.5 Å². The average molecular weight is 1170 g/mol. The maximum absolute atomic E-state index is 14.2. The Hall–Kier alpha value is -4.85. The van der Waals surface area contributed by atoms with Crippen molar-refractivity contribution in [1.82, 2.24) is 31.5 Å². The Balaban J connectivity index is 1.43. The molecule has 0 bridgehead atoms. The van der Waals surface area contributed by atoms with E-state index >= 15 is 0 Å². The van der Waals surface area contributed by atoms with Crippen LogP contribution in [0.1, 0.15) is 57.2 Å². The summed E-state index contributed by atoms with van der Waals surface area (Å²) in [7, 11) is -2.05. The largest absolute Gasteiger partial charge is 0.544 e. The molecule has 364 valence electrons. The van der Waals surface area contributed by atoms with E-state index in [0.717, 1.165) is 11.3 Å². The molecule has 6 atom stereocenters. The van der Waals surface area contributed by atoms with Gasteiger partial charge >= 0.3 is 0 Å². The summed E-state index contributed by atoms with van der Waals surface area (Å²) < 4.78 is 7.35. The highest BCUT2D eigenvalue weighted by atomic mass is 127. The molecule has 1 fully saturated rings. The molecule has 1 aliphatic heterocycles. The Labute approximate surface area is 419 Å². The maximum Gasteiger partial charge on any atom is 0.250 e. The molecule has 7 amide bonds. The summed E-state index contributed by atoms with van der Waals surface area (Å²) in [6, 6.07) is 12.6.